The van der Waals surface area contributed by atoms with E-state index in [2.05, 4.69) is 0 Å². The maximum Gasteiger partial charge on any atom is 0.144 e. The lowest BCUT2D eigenvalue weighted by Gasteiger charge is -2.23. The van der Waals surface area contributed by atoms with Crippen LogP contribution in [0.4, 0.5) is 15.8 Å². The fourth-order valence-corrected chi connectivity index (χ4v) is 2.17. The van der Waals surface area contributed by atoms with Crippen molar-refractivity contribution in [3.8, 4) is 5.75 Å². The molecule has 0 amide bonds. The summed E-state index contributed by atoms with van der Waals surface area (Å²) in [6.45, 7) is 4.58. The lowest BCUT2D eigenvalue weighted by molar-refractivity contribution is 0.244. The van der Waals surface area contributed by atoms with Gasteiger partial charge in [0.05, 0.1) is 17.5 Å². The van der Waals surface area contributed by atoms with Crippen molar-refractivity contribution < 1.29 is 9.13 Å². The molecule has 0 heterocycles. The Morgan fingerprint density at radius 2 is 1.81 bits per heavy atom. The predicted octanol–water partition coefficient (Wildman–Crippen LogP) is 3.83. The minimum atomic E-state index is -0.228. The molecular weight excluding hydrogens is 267 g/mol. The molecular formula is C17H21FN2O. The fraction of sp³-hybridized carbons (Fsp3) is 0.294. The van der Waals surface area contributed by atoms with Crippen molar-refractivity contribution in [2.24, 2.45) is 0 Å². The van der Waals surface area contributed by atoms with Gasteiger partial charge in [0.1, 0.15) is 11.6 Å². The quantitative estimate of drug-likeness (QED) is 0.850. The summed E-state index contributed by atoms with van der Waals surface area (Å²) in [6, 6.07) is 12.2. The molecule has 0 fully saturated rings. The number of nitrogen functional groups attached to an aromatic ring is 1. The first-order chi connectivity index (χ1) is 9.97. The van der Waals surface area contributed by atoms with E-state index < -0.39 is 0 Å². The molecule has 0 aliphatic heterocycles. The third-order valence-electron chi connectivity index (χ3n) is 3.15. The summed E-state index contributed by atoms with van der Waals surface area (Å²) in [7, 11) is 1.95. The zero-order valence-corrected chi connectivity index (χ0v) is 12.6. The normalized spacial score (nSPS) is 10.7. The van der Waals surface area contributed by atoms with Gasteiger partial charge in [0, 0.05) is 13.6 Å². The summed E-state index contributed by atoms with van der Waals surface area (Å²) in [5.41, 5.74) is 8.73. The Morgan fingerprint density at radius 1 is 1.14 bits per heavy atom. The smallest absolute Gasteiger partial charge is 0.144 e. The van der Waals surface area contributed by atoms with Crippen LogP contribution in [0.15, 0.2) is 42.5 Å². The molecule has 0 saturated heterocycles. The second-order valence-electron chi connectivity index (χ2n) is 5.34. The molecule has 0 aliphatic carbocycles. The van der Waals surface area contributed by atoms with E-state index in [9.17, 15) is 4.39 Å². The van der Waals surface area contributed by atoms with Crippen LogP contribution in [0.25, 0.3) is 0 Å². The summed E-state index contributed by atoms with van der Waals surface area (Å²) in [4.78, 5) is 2.02. The van der Waals surface area contributed by atoms with Gasteiger partial charge >= 0.3 is 0 Å². The average Bonchev–Trinajstić information content (AvgIpc) is 2.43. The average molecular weight is 288 g/mol. The van der Waals surface area contributed by atoms with Crippen LogP contribution < -0.4 is 15.4 Å². The third kappa shape index (κ3) is 3.88. The molecule has 0 atom stereocenters. The van der Waals surface area contributed by atoms with Crippen LogP contribution in [0, 0.1) is 5.82 Å². The van der Waals surface area contributed by atoms with E-state index in [0.29, 0.717) is 18.0 Å². The molecule has 0 aromatic heterocycles. The number of benzene rings is 2. The maximum absolute atomic E-state index is 12.9. The molecule has 0 radical (unpaired) electrons. The number of nitrogens with zero attached hydrogens (tertiary/aromatic N) is 1. The van der Waals surface area contributed by atoms with Gasteiger partial charge in [0.25, 0.3) is 0 Å². The molecule has 21 heavy (non-hydrogen) atoms. The zero-order valence-electron chi connectivity index (χ0n) is 12.6. The van der Waals surface area contributed by atoms with Crippen LogP contribution in [0.1, 0.15) is 19.4 Å². The van der Waals surface area contributed by atoms with Gasteiger partial charge in [-0.3, -0.25) is 0 Å². The third-order valence-corrected chi connectivity index (χ3v) is 3.15. The molecule has 0 saturated carbocycles. The van der Waals surface area contributed by atoms with Gasteiger partial charge in [0.2, 0.25) is 0 Å². The van der Waals surface area contributed by atoms with E-state index in [0.717, 1.165) is 11.3 Å². The van der Waals surface area contributed by atoms with Crippen LogP contribution in [0.3, 0.4) is 0 Å². The zero-order chi connectivity index (χ0) is 15.4. The first-order valence-corrected chi connectivity index (χ1v) is 6.98. The van der Waals surface area contributed by atoms with Gasteiger partial charge in [-0.25, -0.2) is 4.39 Å². The van der Waals surface area contributed by atoms with Crippen LogP contribution in [0.5, 0.6) is 5.75 Å². The van der Waals surface area contributed by atoms with E-state index >= 15 is 0 Å². The lowest BCUT2D eigenvalue weighted by atomic mass is 10.2. The van der Waals surface area contributed by atoms with Crippen molar-refractivity contribution in [1.29, 1.82) is 0 Å². The van der Waals surface area contributed by atoms with Crippen molar-refractivity contribution in [3.63, 3.8) is 0 Å². The molecule has 112 valence electrons. The van der Waals surface area contributed by atoms with Gasteiger partial charge < -0.3 is 15.4 Å². The second kappa shape index (κ2) is 6.48. The standard InChI is InChI=1S/C17H21FN2O/c1-12(2)21-16-6-4-5-15(17(16)19)20(3)11-13-7-9-14(18)10-8-13/h4-10,12H,11,19H2,1-3H3. The number of rotatable bonds is 5. The number of ether oxygens (including phenoxy) is 1. The Hall–Kier alpha value is -2.23. The van der Waals surface area contributed by atoms with Gasteiger partial charge in [0.15, 0.2) is 0 Å². The Balaban J connectivity index is 2.18. The Morgan fingerprint density at radius 3 is 2.43 bits per heavy atom. The van der Waals surface area contributed by atoms with E-state index in [1.165, 1.54) is 12.1 Å². The molecule has 2 N–H and O–H groups in total. The lowest BCUT2D eigenvalue weighted by Crippen LogP contribution is -2.18. The van der Waals surface area contributed by atoms with Crippen molar-refractivity contribution in [3.05, 3.63) is 53.8 Å². The summed E-state index contributed by atoms with van der Waals surface area (Å²) in [5, 5.41) is 0. The summed E-state index contributed by atoms with van der Waals surface area (Å²) in [6.07, 6.45) is 0.0740. The van der Waals surface area contributed by atoms with Gasteiger partial charge in [-0.1, -0.05) is 18.2 Å². The van der Waals surface area contributed by atoms with E-state index in [1.54, 1.807) is 12.1 Å². The summed E-state index contributed by atoms with van der Waals surface area (Å²) < 4.78 is 18.6. The van der Waals surface area contributed by atoms with Gasteiger partial charge in [-0.15, -0.1) is 0 Å². The topological polar surface area (TPSA) is 38.5 Å². The summed E-state index contributed by atoms with van der Waals surface area (Å²) >= 11 is 0. The molecule has 4 heteroatoms. The first kappa shape index (κ1) is 15.2. The highest BCUT2D eigenvalue weighted by Crippen LogP contribution is 2.32. The van der Waals surface area contributed by atoms with Crippen LogP contribution in [-0.2, 0) is 6.54 Å². The second-order valence-corrected chi connectivity index (χ2v) is 5.34. The number of halogens is 1. The van der Waals surface area contributed by atoms with Crippen LogP contribution in [-0.4, -0.2) is 13.2 Å². The van der Waals surface area contributed by atoms with Crippen LogP contribution in [0.2, 0.25) is 0 Å². The fourth-order valence-electron chi connectivity index (χ4n) is 2.17. The highest BCUT2D eigenvalue weighted by atomic mass is 19.1. The van der Waals surface area contributed by atoms with E-state index in [-0.39, 0.29) is 11.9 Å². The molecule has 0 bridgehead atoms. The predicted molar refractivity (Wildman–Crippen MR) is 85.1 cm³/mol. The number of anilines is 2. The van der Waals surface area contributed by atoms with Crippen molar-refractivity contribution in [2.75, 3.05) is 17.7 Å². The molecule has 0 unspecified atom stereocenters. The van der Waals surface area contributed by atoms with Crippen molar-refractivity contribution in [2.45, 2.75) is 26.5 Å². The monoisotopic (exact) mass is 288 g/mol. The molecule has 2 aromatic carbocycles. The minimum Gasteiger partial charge on any atom is -0.489 e. The first-order valence-electron chi connectivity index (χ1n) is 6.98. The summed E-state index contributed by atoms with van der Waals surface area (Å²) in [5.74, 6) is 0.460. The number of hydrogen-bond donors (Lipinski definition) is 1. The van der Waals surface area contributed by atoms with E-state index in [1.807, 2.05) is 44.0 Å². The number of para-hydroxylation sites is 1. The van der Waals surface area contributed by atoms with Gasteiger partial charge in [-0.2, -0.15) is 0 Å². The number of nitrogens with two attached hydrogens (primary N) is 1. The van der Waals surface area contributed by atoms with Gasteiger partial charge in [-0.05, 0) is 43.7 Å². The van der Waals surface area contributed by atoms with Crippen LogP contribution >= 0.6 is 0 Å². The molecule has 0 spiro atoms. The van der Waals surface area contributed by atoms with Crippen molar-refractivity contribution in [1.82, 2.24) is 0 Å². The Kier molecular flexibility index (Phi) is 4.68. The Bertz CT molecular complexity index is 596. The maximum atomic E-state index is 12.9. The minimum absolute atomic E-state index is 0.0740. The molecule has 2 aromatic rings. The largest absolute Gasteiger partial charge is 0.489 e. The molecule has 0 aliphatic rings. The highest BCUT2D eigenvalue weighted by molar-refractivity contribution is 5.73. The van der Waals surface area contributed by atoms with Crippen molar-refractivity contribution >= 4 is 11.4 Å². The molecule has 3 nitrogen and oxygen atoms in total. The molecule has 2 rings (SSSR count). The highest BCUT2D eigenvalue weighted by Gasteiger charge is 2.11. The SMILES string of the molecule is CC(C)Oc1cccc(N(C)Cc2ccc(F)cc2)c1N. The Labute approximate surface area is 125 Å². The van der Waals surface area contributed by atoms with E-state index in [4.69, 9.17) is 10.5 Å². The number of hydrogen-bond acceptors (Lipinski definition) is 3.